The average molecular weight is 373 g/mol. The highest BCUT2D eigenvalue weighted by Crippen LogP contribution is 2.55. The zero-order chi connectivity index (χ0) is 19.5. The van der Waals surface area contributed by atoms with Gasteiger partial charge in [-0.25, -0.2) is 4.39 Å². The fourth-order valence-electron chi connectivity index (χ4n) is 3.94. The molecule has 8 heteroatoms. The molecule has 2 aromatic carbocycles. The third-order valence-electron chi connectivity index (χ3n) is 5.08. The van der Waals surface area contributed by atoms with E-state index in [1.807, 2.05) is 36.4 Å². The lowest BCUT2D eigenvalue weighted by molar-refractivity contribution is -0.118. The Balaban J connectivity index is 1.92. The second-order valence-electron chi connectivity index (χ2n) is 6.49. The first-order valence-corrected chi connectivity index (χ1v) is 8.41. The quantitative estimate of drug-likeness (QED) is 0.606. The number of nitrogens with two attached hydrogens (primary N) is 1. The van der Waals surface area contributed by atoms with E-state index in [4.69, 9.17) is 10.5 Å². The molecule has 28 heavy (non-hydrogen) atoms. The maximum absolute atomic E-state index is 14.2. The van der Waals surface area contributed by atoms with E-state index in [1.165, 1.54) is 18.2 Å². The number of hydrogen-bond donors (Lipinski definition) is 3. The van der Waals surface area contributed by atoms with Crippen LogP contribution in [0.2, 0.25) is 0 Å². The summed E-state index contributed by atoms with van der Waals surface area (Å²) in [6, 6.07) is 15.1. The molecule has 136 valence electrons. The number of hydrogen-bond acceptors (Lipinski definition) is 5. The summed E-state index contributed by atoms with van der Waals surface area (Å²) in [4.78, 5) is 13.3. The van der Waals surface area contributed by atoms with Gasteiger partial charge in [0.2, 0.25) is 17.7 Å². The van der Waals surface area contributed by atoms with Gasteiger partial charge in [-0.15, -0.1) is 5.10 Å². The summed E-state index contributed by atoms with van der Waals surface area (Å²) in [5.41, 5.74) is 6.44. The number of rotatable bonds is 1. The number of nitrogens with one attached hydrogen (secondary N) is 2. The topological polar surface area (TPSA) is 117 Å². The van der Waals surface area contributed by atoms with Crippen molar-refractivity contribution >= 4 is 11.6 Å². The van der Waals surface area contributed by atoms with E-state index in [0.717, 1.165) is 5.56 Å². The minimum Gasteiger partial charge on any atom is -0.420 e. The molecule has 0 saturated carbocycles. The Bertz CT molecular complexity index is 1230. The molecule has 4 N–H and O–H groups in total. The van der Waals surface area contributed by atoms with Crippen LogP contribution in [0, 0.1) is 17.1 Å². The predicted molar refractivity (Wildman–Crippen MR) is 97.3 cm³/mol. The lowest BCUT2D eigenvalue weighted by Gasteiger charge is -2.31. The van der Waals surface area contributed by atoms with E-state index >= 15 is 0 Å². The molecule has 0 fully saturated rings. The smallest absolute Gasteiger partial charge is 0.245 e. The van der Waals surface area contributed by atoms with Crippen LogP contribution < -0.4 is 15.8 Å². The van der Waals surface area contributed by atoms with E-state index in [2.05, 4.69) is 15.5 Å². The first-order valence-electron chi connectivity index (χ1n) is 8.41. The largest absolute Gasteiger partial charge is 0.420 e. The van der Waals surface area contributed by atoms with Crippen molar-refractivity contribution in [1.29, 1.82) is 5.26 Å². The molecule has 1 atom stereocenters. The molecule has 0 bridgehead atoms. The Labute approximate surface area is 158 Å². The summed E-state index contributed by atoms with van der Waals surface area (Å²) in [5.74, 6) is -1.23. The summed E-state index contributed by atoms with van der Waals surface area (Å²) in [6.07, 6.45) is 0. The van der Waals surface area contributed by atoms with Gasteiger partial charge in [0.05, 0.1) is 11.3 Å². The van der Waals surface area contributed by atoms with Crippen LogP contribution in [0.3, 0.4) is 0 Å². The highest BCUT2D eigenvalue weighted by Gasteiger charge is 2.58. The molecule has 1 aromatic heterocycles. The predicted octanol–water partition coefficient (Wildman–Crippen LogP) is 2.54. The molecule has 5 rings (SSSR count). The molecular weight excluding hydrogens is 361 g/mol. The molecule has 7 nitrogen and oxygen atoms in total. The van der Waals surface area contributed by atoms with Gasteiger partial charge >= 0.3 is 0 Å². The van der Waals surface area contributed by atoms with E-state index in [9.17, 15) is 14.4 Å². The van der Waals surface area contributed by atoms with Crippen LogP contribution in [0.15, 0.2) is 60.0 Å². The van der Waals surface area contributed by atoms with Crippen molar-refractivity contribution in [2.24, 2.45) is 5.73 Å². The number of carbonyl (C=O) groups is 1. The molecule has 2 aliphatic rings. The van der Waals surface area contributed by atoms with Crippen molar-refractivity contribution in [3.05, 3.63) is 76.9 Å². The lowest BCUT2D eigenvalue weighted by atomic mass is 9.68. The Hall–Kier alpha value is -4.12. The first-order chi connectivity index (χ1) is 13.6. The second kappa shape index (κ2) is 5.44. The second-order valence-corrected chi connectivity index (χ2v) is 6.49. The van der Waals surface area contributed by atoms with Crippen molar-refractivity contribution in [2.45, 2.75) is 5.41 Å². The fourth-order valence-corrected chi connectivity index (χ4v) is 3.94. The third-order valence-corrected chi connectivity index (χ3v) is 5.08. The number of anilines is 1. The number of ether oxygens (including phenoxy) is 1. The van der Waals surface area contributed by atoms with Crippen LogP contribution in [0.5, 0.6) is 5.88 Å². The van der Waals surface area contributed by atoms with Crippen LogP contribution in [-0.2, 0) is 10.2 Å². The van der Waals surface area contributed by atoms with Crippen LogP contribution in [0.25, 0.3) is 11.3 Å². The van der Waals surface area contributed by atoms with Gasteiger partial charge in [0.15, 0.2) is 0 Å². The third kappa shape index (κ3) is 1.85. The number of aromatic amines is 1. The van der Waals surface area contributed by atoms with Crippen molar-refractivity contribution in [2.75, 3.05) is 5.32 Å². The SMILES string of the molecule is N#CC1=C(N)Oc2n[nH]c(-c3ccccc3)c2[C@]12C(=O)Nc1ccc(F)cc12. The Morgan fingerprint density at radius 3 is 2.75 bits per heavy atom. The van der Waals surface area contributed by atoms with E-state index < -0.39 is 17.1 Å². The van der Waals surface area contributed by atoms with Gasteiger partial charge in [-0.1, -0.05) is 30.3 Å². The van der Waals surface area contributed by atoms with Gasteiger partial charge in [0.1, 0.15) is 22.9 Å². The molecule has 3 aromatic rings. The lowest BCUT2D eigenvalue weighted by Crippen LogP contribution is -2.42. The summed E-state index contributed by atoms with van der Waals surface area (Å²) in [6.45, 7) is 0. The molecule has 3 heterocycles. The summed E-state index contributed by atoms with van der Waals surface area (Å²) < 4.78 is 19.7. The summed E-state index contributed by atoms with van der Waals surface area (Å²) in [7, 11) is 0. The zero-order valence-corrected chi connectivity index (χ0v) is 14.3. The minimum absolute atomic E-state index is 0.0719. The van der Waals surface area contributed by atoms with E-state index in [-0.39, 0.29) is 17.3 Å². The molecule has 2 aliphatic heterocycles. The van der Waals surface area contributed by atoms with Gasteiger partial charge in [-0.3, -0.25) is 9.89 Å². The minimum atomic E-state index is -1.66. The molecule has 0 aliphatic carbocycles. The van der Waals surface area contributed by atoms with E-state index in [1.54, 1.807) is 0 Å². The van der Waals surface area contributed by atoms with Crippen molar-refractivity contribution < 1.29 is 13.9 Å². The molecule has 0 saturated heterocycles. The van der Waals surface area contributed by atoms with E-state index in [0.29, 0.717) is 22.5 Å². The number of amides is 1. The van der Waals surface area contributed by atoms with Crippen LogP contribution in [0.1, 0.15) is 11.1 Å². The molecule has 0 unspecified atom stereocenters. The number of halogens is 1. The Kier molecular flexibility index (Phi) is 3.12. The van der Waals surface area contributed by atoms with Gasteiger partial charge in [-0.2, -0.15) is 5.26 Å². The Morgan fingerprint density at radius 2 is 2.00 bits per heavy atom. The van der Waals surface area contributed by atoms with Crippen LogP contribution in [-0.4, -0.2) is 16.1 Å². The highest BCUT2D eigenvalue weighted by molar-refractivity contribution is 6.13. The molecule has 1 spiro atoms. The molecule has 0 radical (unpaired) electrons. The van der Waals surface area contributed by atoms with Crippen LogP contribution >= 0.6 is 0 Å². The number of carbonyl (C=O) groups excluding carboxylic acids is 1. The maximum Gasteiger partial charge on any atom is 0.245 e. The Morgan fingerprint density at radius 1 is 1.21 bits per heavy atom. The first kappa shape index (κ1) is 16.1. The average Bonchev–Trinajstić information content (AvgIpc) is 3.23. The number of benzene rings is 2. The zero-order valence-electron chi connectivity index (χ0n) is 14.3. The number of aromatic nitrogens is 2. The van der Waals surface area contributed by atoms with Crippen molar-refractivity contribution in [1.82, 2.24) is 10.2 Å². The number of fused-ring (bicyclic) bond motifs is 4. The molecule has 1 amide bonds. The summed E-state index contributed by atoms with van der Waals surface area (Å²) >= 11 is 0. The highest BCUT2D eigenvalue weighted by atomic mass is 19.1. The van der Waals surface area contributed by atoms with Gasteiger partial charge in [0, 0.05) is 16.8 Å². The van der Waals surface area contributed by atoms with Crippen LogP contribution in [0.4, 0.5) is 10.1 Å². The monoisotopic (exact) mass is 373 g/mol. The van der Waals surface area contributed by atoms with Gasteiger partial charge < -0.3 is 15.8 Å². The summed E-state index contributed by atoms with van der Waals surface area (Å²) in [5, 5.41) is 19.6. The molecular formula is C20H12FN5O2. The standard InChI is InChI=1S/C20H12FN5O2/c21-11-6-7-14-12(8-11)20(19(27)24-14)13(9-22)17(23)28-18-15(20)16(25-26-18)10-4-2-1-3-5-10/h1-8H,23H2,(H,24,27)(H,25,26)/t20-/m1/s1. The van der Waals surface area contributed by atoms with Gasteiger partial charge in [-0.05, 0) is 18.2 Å². The number of nitrogens with zero attached hydrogens (tertiary/aromatic N) is 2. The van der Waals surface area contributed by atoms with Crippen molar-refractivity contribution in [3.63, 3.8) is 0 Å². The van der Waals surface area contributed by atoms with Crippen molar-refractivity contribution in [3.8, 4) is 23.2 Å². The normalized spacial score (nSPS) is 19.6. The number of nitriles is 1. The number of H-pyrrole nitrogens is 1. The maximum atomic E-state index is 14.2. The fraction of sp³-hybridized carbons (Fsp3) is 0.0500. The van der Waals surface area contributed by atoms with Gasteiger partial charge in [0.25, 0.3) is 0 Å².